The molecule has 22 heavy (non-hydrogen) atoms. The number of carbonyl (C=O) groups is 1. The summed E-state index contributed by atoms with van der Waals surface area (Å²) < 4.78 is 7.13. The number of ether oxygens (including phenoxy) is 1. The van der Waals surface area contributed by atoms with E-state index in [0.717, 1.165) is 31.8 Å². The van der Waals surface area contributed by atoms with Crippen LogP contribution in [0.15, 0.2) is 11.3 Å². The van der Waals surface area contributed by atoms with Crippen molar-refractivity contribution in [2.24, 2.45) is 5.92 Å². The molecule has 2 atom stereocenters. The maximum absolute atomic E-state index is 12.6. The Bertz CT molecular complexity index is 590. The predicted octanol–water partition coefficient (Wildman–Crippen LogP) is 0.501. The second kappa shape index (κ2) is 6.04. The lowest BCUT2D eigenvalue weighted by atomic mass is 10.0. The van der Waals surface area contributed by atoms with Gasteiger partial charge in [0.15, 0.2) is 0 Å². The zero-order chi connectivity index (χ0) is 15.7. The van der Waals surface area contributed by atoms with Crippen LogP contribution in [0, 0.1) is 5.92 Å². The second-order valence-electron chi connectivity index (χ2n) is 5.95. The van der Waals surface area contributed by atoms with E-state index in [1.807, 2.05) is 25.8 Å². The van der Waals surface area contributed by atoms with Crippen molar-refractivity contribution in [2.45, 2.75) is 32.7 Å². The van der Waals surface area contributed by atoms with Crippen LogP contribution in [0.4, 0.5) is 5.95 Å². The van der Waals surface area contributed by atoms with Crippen molar-refractivity contribution >= 4 is 11.9 Å². The Hall–Kier alpha value is -1.96. The van der Waals surface area contributed by atoms with E-state index in [4.69, 9.17) is 4.74 Å². The summed E-state index contributed by atoms with van der Waals surface area (Å²) in [5.74, 6) is 1.00. The minimum Gasteiger partial charge on any atom is -0.381 e. The second-order valence-corrected chi connectivity index (χ2v) is 5.95. The SMILES string of the molecule is CC1=C(C(=O)NC[C@@H]2CCCOC2)[C@H](C)n2nnnc2N1C. The summed E-state index contributed by atoms with van der Waals surface area (Å²) in [6.45, 7) is 6.07. The molecule has 2 aliphatic rings. The van der Waals surface area contributed by atoms with Crippen LogP contribution in [0.25, 0.3) is 0 Å². The van der Waals surface area contributed by atoms with E-state index in [1.54, 1.807) is 4.68 Å². The normalized spacial score (nSPS) is 25.1. The van der Waals surface area contributed by atoms with Gasteiger partial charge in [0.05, 0.1) is 18.2 Å². The summed E-state index contributed by atoms with van der Waals surface area (Å²) in [6.07, 6.45) is 2.17. The lowest BCUT2D eigenvalue weighted by Crippen LogP contribution is -2.39. The predicted molar refractivity (Wildman–Crippen MR) is 80.2 cm³/mol. The molecular weight excluding hydrogens is 284 g/mol. The molecule has 2 aliphatic heterocycles. The number of hydrogen-bond acceptors (Lipinski definition) is 6. The minimum absolute atomic E-state index is 0.0522. The van der Waals surface area contributed by atoms with E-state index in [1.165, 1.54) is 0 Å². The molecule has 1 saturated heterocycles. The molecule has 0 aliphatic carbocycles. The molecule has 1 N–H and O–H groups in total. The Morgan fingerprint density at radius 1 is 1.50 bits per heavy atom. The first-order valence-corrected chi connectivity index (χ1v) is 7.68. The Labute approximate surface area is 129 Å². The summed E-state index contributed by atoms with van der Waals surface area (Å²) in [4.78, 5) is 14.5. The highest BCUT2D eigenvalue weighted by Gasteiger charge is 2.32. The molecule has 0 aromatic carbocycles. The van der Waals surface area contributed by atoms with E-state index in [2.05, 4.69) is 20.8 Å². The molecule has 1 amide bonds. The van der Waals surface area contributed by atoms with Crippen LogP contribution in [0.3, 0.4) is 0 Å². The minimum atomic E-state index is -0.177. The summed E-state index contributed by atoms with van der Waals surface area (Å²) in [6, 6.07) is -0.177. The van der Waals surface area contributed by atoms with Gasteiger partial charge < -0.3 is 15.0 Å². The molecule has 3 rings (SSSR count). The molecule has 1 fully saturated rings. The lowest BCUT2D eigenvalue weighted by molar-refractivity contribution is -0.118. The van der Waals surface area contributed by atoms with E-state index in [9.17, 15) is 4.79 Å². The van der Waals surface area contributed by atoms with Crippen LogP contribution >= 0.6 is 0 Å². The standard InChI is InChI=1S/C14H22N6O2/c1-9-12(10(2)20-14(19(9)3)16-17-18-20)13(21)15-7-11-5-4-6-22-8-11/h10-11H,4-8H2,1-3H3,(H,15,21)/t10-,11-/m0/s1. The van der Waals surface area contributed by atoms with E-state index in [-0.39, 0.29) is 11.9 Å². The van der Waals surface area contributed by atoms with Gasteiger partial charge in [0.1, 0.15) is 0 Å². The van der Waals surface area contributed by atoms with Gasteiger partial charge in [-0.2, -0.15) is 0 Å². The number of fused-ring (bicyclic) bond motifs is 1. The van der Waals surface area contributed by atoms with Crippen LogP contribution in [-0.4, -0.2) is 52.9 Å². The van der Waals surface area contributed by atoms with Crippen LogP contribution in [-0.2, 0) is 9.53 Å². The molecule has 0 spiro atoms. The zero-order valence-corrected chi connectivity index (χ0v) is 13.2. The average molecular weight is 306 g/mol. The van der Waals surface area contributed by atoms with Crippen LogP contribution in [0.5, 0.6) is 0 Å². The van der Waals surface area contributed by atoms with E-state index < -0.39 is 0 Å². The molecule has 8 heteroatoms. The first kappa shape index (κ1) is 15.0. The fraction of sp³-hybridized carbons (Fsp3) is 0.714. The van der Waals surface area contributed by atoms with Crippen molar-refractivity contribution < 1.29 is 9.53 Å². The van der Waals surface area contributed by atoms with Gasteiger partial charge in [-0.25, -0.2) is 4.68 Å². The number of anilines is 1. The maximum atomic E-state index is 12.6. The van der Waals surface area contributed by atoms with Gasteiger partial charge in [0.2, 0.25) is 5.95 Å². The topological polar surface area (TPSA) is 85.2 Å². The smallest absolute Gasteiger partial charge is 0.251 e. The fourth-order valence-electron chi connectivity index (χ4n) is 3.07. The van der Waals surface area contributed by atoms with Crippen molar-refractivity contribution in [2.75, 3.05) is 31.7 Å². The van der Waals surface area contributed by atoms with Gasteiger partial charge in [-0.05, 0) is 43.0 Å². The van der Waals surface area contributed by atoms with Gasteiger partial charge >= 0.3 is 0 Å². The van der Waals surface area contributed by atoms with Crippen molar-refractivity contribution in [1.82, 2.24) is 25.5 Å². The van der Waals surface area contributed by atoms with E-state index >= 15 is 0 Å². The third-order valence-corrected chi connectivity index (χ3v) is 4.50. The van der Waals surface area contributed by atoms with Crippen LogP contribution < -0.4 is 10.2 Å². The van der Waals surface area contributed by atoms with Crippen molar-refractivity contribution in [1.29, 1.82) is 0 Å². The highest BCUT2D eigenvalue weighted by atomic mass is 16.5. The number of allylic oxidation sites excluding steroid dienone is 1. The number of amides is 1. The first-order chi connectivity index (χ1) is 10.6. The number of aromatic nitrogens is 4. The molecule has 1 aromatic rings. The Balaban J connectivity index is 1.72. The summed E-state index contributed by atoms with van der Waals surface area (Å²) in [7, 11) is 1.87. The Morgan fingerprint density at radius 2 is 2.32 bits per heavy atom. The summed E-state index contributed by atoms with van der Waals surface area (Å²) in [5, 5.41) is 14.7. The fourth-order valence-corrected chi connectivity index (χ4v) is 3.07. The van der Waals surface area contributed by atoms with Crippen LogP contribution in [0.1, 0.15) is 32.7 Å². The number of hydrogen-bond donors (Lipinski definition) is 1. The number of nitrogens with one attached hydrogen (secondary N) is 1. The van der Waals surface area contributed by atoms with Crippen molar-refractivity contribution in [3.63, 3.8) is 0 Å². The zero-order valence-electron chi connectivity index (χ0n) is 13.2. The molecule has 0 bridgehead atoms. The summed E-state index contributed by atoms with van der Waals surface area (Å²) >= 11 is 0. The maximum Gasteiger partial charge on any atom is 0.251 e. The Kier molecular flexibility index (Phi) is 4.10. The molecule has 0 unspecified atom stereocenters. The highest BCUT2D eigenvalue weighted by Crippen LogP contribution is 2.31. The van der Waals surface area contributed by atoms with Gasteiger partial charge in [0.25, 0.3) is 5.91 Å². The molecule has 1 aromatic heterocycles. The molecule has 0 saturated carbocycles. The monoisotopic (exact) mass is 306 g/mol. The third-order valence-electron chi connectivity index (χ3n) is 4.50. The van der Waals surface area contributed by atoms with Gasteiger partial charge in [-0.3, -0.25) is 4.79 Å². The largest absolute Gasteiger partial charge is 0.381 e. The molecule has 8 nitrogen and oxygen atoms in total. The van der Waals surface area contributed by atoms with Gasteiger partial charge in [-0.15, -0.1) is 0 Å². The van der Waals surface area contributed by atoms with Gasteiger partial charge in [0, 0.05) is 25.9 Å². The molecule has 0 radical (unpaired) electrons. The third kappa shape index (κ3) is 2.58. The number of nitrogens with zero attached hydrogens (tertiary/aromatic N) is 5. The average Bonchev–Trinajstić information content (AvgIpc) is 3.02. The van der Waals surface area contributed by atoms with Crippen molar-refractivity contribution in [3.05, 3.63) is 11.3 Å². The quantitative estimate of drug-likeness (QED) is 0.875. The number of carbonyl (C=O) groups excluding carboxylic acids is 1. The number of rotatable bonds is 3. The summed E-state index contributed by atoms with van der Waals surface area (Å²) in [5.41, 5.74) is 1.59. The molecule has 120 valence electrons. The van der Waals surface area contributed by atoms with Gasteiger partial charge in [-0.1, -0.05) is 5.10 Å². The lowest BCUT2D eigenvalue weighted by Gasteiger charge is -2.31. The molecular formula is C14H22N6O2. The molecule has 3 heterocycles. The van der Waals surface area contributed by atoms with Crippen molar-refractivity contribution in [3.8, 4) is 0 Å². The Morgan fingerprint density at radius 3 is 3.05 bits per heavy atom. The number of tetrazole rings is 1. The first-order valence-electron chi connectivity index (χ1n) is 7.68. The van der Waals surface area contributed by atoms with Crippen LogP contribution in [0.2, 0.25) is 0 Å². The highest BCUT2D eigenvalue weighted by molar-refractivity contribution is 5.96. The van der Waals surface area contributed by atoms with E-state index in [0.29, 0.717) is 24.0 Å².